The van der Waals surface area contributed by atoms with Gasteiger partial charge in [0, 0.05) is 11.5 Å². The van der Waals surface area contributed by atoms with Crippen LogP contribution < -0.4 is 9.64 Å². The second-order valence-electron chi connectivity index (χ2n) is 10.2. The molecule has 0 bridgehead atoms. The Labute approximate surface area is 230 Å². The van der Waals surface area contributed by atoms with Crippen LogP contribution in [0.4, 0.5) is 11.5 Å². The van der Waals surface area contributed by atoms with Gasteiger partial charge in [-0.25, -0.2) is 4.98 Å². The summed E-state index contributed by atoms with van der Waals surface area (Å²) in [5.74, 6) is 5.27. The lowest BCUT2D eigenvalue weighted by molar-refractivity contribution is -0.142. The largest absolute Gasteiger partial charge is 0.481 e. The van der Waals surface area contributed by atoms with Crippen LogP contribution in [0.15, 0.2) is 28.7 Å². The molecule has 0 aliphatic heterocycles. The highest BCUT2D eigenvalue weighted by atomic mass is 79.9. The summed E-state index contributed by atoms with van der Waals surface area (Å²) in [6, 6.07) is 7.84. The van der Waals surface area contributed by atoms with E-state index >= 15 is 0 Å². The molecular weight excluding hydrogens is 548 g/mol. The van der Waals surface area contributed by atoms with Gasteiger partial charge in [-0.3, -0.25) is 19.2 Å². The van der Waals surface area contributed by atoms with E-state index in [2.05, 4.69) is 38.9 Å². The smallest absolute Gasteiger partial charge is 0.308 e. The summed E-state index contributed by atoms with van der Waals surface area (Å²) in [4.78, 5) is 31.4. The van der Waals surface area contributed by atoms with Crippen LogP contribution in [-0.2, 0) is 16.6 Å². The molecule has 1 amide bonds. The number of aryl methyl sites for hydroxylation is 2. The number of anilines is 2. The lowest BCUT2D eigenvalue weighted by atomic mass is 10.0. The molecule has 2 aliphatic rings. The van der Waals surface area contributed by atoms with Gasteiger partial charge < -0.3 is 9.84 Å². The molecule has 198 valence electrons. The molecule has 38 heavy (non-hydrogen) atoms. The first kappa shape index (κ1) is 26.2. The van der Waals surface area contributed by atoms with E-state index in [-0.39, 0.29) is 17.9 Å². The third-order valence-corrected chi connectivity index (χ3v) is 8.28. The first-order valence-corrected chi connectivity index (χ1v) is 13.9. The fourth-order valence-corrected chi connectivity index (χ4v) is 5.55. The number of rotatable bonds is 6. The number of ether oxygens (including phenoxy) is 1. The predicted octanol–water partition coefficient (Wildman–Crippen LogP) is 6.02. The monoisotopic (exact) mass is 578 g/mol. The SMILES string of the molecule is CC#CC(=O)N(c1ccc2c(n1)c(O[C@@H]1CCC[C@@H](C(=O)O)CC1)nn2C)c1cc(C)c(Br)cc1C1CC1. The van der Waals surface area contributed by atoms with Crippen LogP contribution in [0.1, 0.15) is 68.9 Å². The molecule has 9 heteroatoms. The molecule has 2 aromatic heterocycles. The van der Waals surface area contributed by atoms with Gasteiger partial charge in [0.25, 0.3) is 5.88 Å². The maximum Gasteiger partial charge on any atom is 0.308 e. The van der Waals surface area contributed by atoms with Crippen LogP contribution in [0.25, 0.3) is 11.0 Å². The van der Waals surface area contributed by atoms with Crippen molar-refractivity contribution in [2.45, 2.75) is 70.8 Å². The number of benzene rings is 1. The highest BCUT2D eigenvalue weighted by molar-refractivity contribution is 9.10. The molecule has 0 radical (unpaired) electrons. The fourth-order valence-electron chi connectivity index (χ4n) is 5.19. The highest BCUT2D eigenvalue weighted by Crippen LogP contribution is 2.47. The van der Waals surface area contributed by atoms with Gasteiger partial charge in [-0.15, -0.1) is 5.10 Å². The van der Waals surface area contributed by atoms with Gasteiger partial charge >= 0.3 is 11.9 Å². The second kappa shape index (κ2) is 10.8. The zero-order valence-corrected chi connectivity index (χ0v) is 23.4. The van der Waals surface area contributed by atoms with Gasteiger partial charge in [-0.2, -0.15) is 0 Å². The molecule has 2 atom stereocenters. The van der Waals surface area contributed by atoms with Crippen molar-refractivity contribution < 1.29 is 19.4 Å². The molecule has 2 heterocycles. The number of hydrogen-bond acceptors (Lipinski definition) is 5. The Balaban J connectivity index is 1.55. The molecule has 2 fully saturated rings. The van der Waals surface area contributed by atoms with Crippen LogP contribution in [0, 0.1) is 24.7 Å². The van der Waals surface area contributed by atoms with E-state index in [1.807, 2.05) is 32.2 Å². The quantitative estimate of drug-likeness (QED) is 0.284. The number of carbonyl (C=O) groups is 2. The Morgan fingerprint density at radius 3 is 2.66 bits per heavy atom. The normalized spacial score (nSPS) is 19.4. The fraction of sp³-hybridized carbons (Fsp3) is 0.448. The van der Waals surface area contributed by atoms with E-state index in [9.17, 15) is 14.7 Å². The average Bonchev–Trinajstić information content (AvgIpc) is 3.70. The third-order valence-electron chi connectivity index (χ3n) is 7.42. The first-order chi connectivity index (χ1) is 18.3. The summed E-state index contributed by atoms with van der Waals surface area (Å²) in [6.45, 7) is 3.65. The zero-order chi connectivity index (χ0) is 27.0. The van der Waals surface area contributed by atoms with Crippen LogP contribution in [0.2, 0.25) is 0 Å². The van der Waals surface area contributed by atoms with Crippen LogP contribution in [0.5, 0.6) is 5.88 Å². The summed E-state index contributed by atoms with van der Waals surface area (Å²) in [7, 11) is 1.83. The van der Waals surface area contributed by atoms with E-state index in [0.29, 0.717) is 42.4 Å². The minimum atomic E-state index is -0.742. The summed E-state index contributed by atoms with van der Waals surface area (Å²) in [5.41, 5.74) is 4.26. The standard InChI is InChI=1S/C29H31BrN4O4/c1-4-6-26(35)34(24-15-17(2)22(30)16-21(24)18-9-10-18)25-14-13-23-27(31-25)28(32-33(23)3)38-20-8-5-7-19(11-12-20)29(36)37/h13-16,18-20H,5,7-12H2,1-3H3,(H,36,37)/t19-,20-/m1/s1. The van der Waals surface area contributed by atoms with Gasteiger partial charge in [0.15, 0.2) is 5.52 Å². The number of carboxylic acid groups (broad SMARTS) is 1. The van der Waals surface area contributed by atoms with Crippen molar-refractivity contribution in [2.24, 2.45) is 13.0 Å². The minimum Gasteiger partial charge on any atom is -0.481 e. The third kappa shape index (κ3) is 5.28. The molecule has 3 aromatic rings. The van der Waals surface area contributed by atoms with Crippen molar-refractivity contribution in [3.05, 3.63) is 39.9 Å². The van der Waals surface area contributed by atoms with E-state index < -0.39 is 5.97 Å². The number of pyridine rings is 1. The van der Waals surface area contributed by atoms with Crippen molar-refractivity contribution in [3.8, 4) is 17.7 Å². The summed E-state index contributed by atoms with van der Waals surface area (Å²) in [5, 5.41) is 14.0. The number of aliphatic carboxylic acids is 1. The molecule has 0 saturated heterocycles. The molecule has 2 aliphatic carbocycles. The molecule has 1 aromatic carbocycles. The van der Waals surface area contributed by atoms with Crippen molar-refractivity contribution >= 4 is 50.3 Å². The van der Waals surface area contributed by atoms with Crippen LogP contribution >= 0.6 is 15.9 Å². The molecular formula is C29H31BrN4O4. The Bertz CT molecular complexity index is 1470. The van der Waals surface area contributed by atoms with E-state index in [1.165, 1.54) is 0 Å². The molecule has 0 unspecified atom stereocenters. The zero-order valence-electron chi connectivity index (χ0n) is 21.8. The van der Waals surface area contributed by atoms with Crippen molar-refractivity contribution in [1.29, 1.82) is 0 Å². The maximum absolute atomic E-state index is 13.4. The number of carboxylic acids is 1. The van der Waals surface area contributed by atoms with Gasteiger partial charge in [-0.1, -0.05) is 21.9 Å². The average molecular weight is 579 g/mol. The summed E-state index contributed by atoms with van der Waals surface area (Å²) >= 11 is 3.65. The minimum absolute atomic E-state index is 0.137. The van der Waals surface area contributed by atoms with E-state index in [1.54, 1.807) is 16.5 Å². The van der Waals surface area contributed by atoms with Crippen molar-refractivity contribution in [2.75, 3.05) is 4.90 Å². The highest BCUT2D eigenvalue weighted by Gasteiger charge is 2.32. The summed E-state index contributed by atoms with van der Waals surface area (Å²) < 4.78 is 9.06. The number of halogens is 1. The first-order valence-electron chi connectivity index (χ1n) is 13.1. The lowest BCUT2D eigenvalue weighted by Gasteiger charge is -2.24. The maximum atomic E-state index is 13.4. The number of carbonyl (C=O) groups excluding carboxylic acids is 1. The van der Waals surface area contributed by atoms with Crippen molar-refractivity contribution in [3.63, 3.8) is 0 Å². The van der Waals surface area contributed by atoms with Gasteiger partial charge in [0.05, 0.1) is 17.1 Å². The summed E-state index contributed by atoms with van der Waals surface area (Å²) in [6.07, 6.45) is 5.47. The molecule has 8 nitrogen and oxygen atoms in total. The van der Waals surface area contributed by atoms with Gasteiger partial charge in [0.2, 0.25) is 0 Å². The lowest BCUT2D eigenvalue weighted by Crippen LogP contribution is -2.26. The van der Waals surface area contributed by atoms with E-state index in [4.69, 9.17) is 9.72 Å². The number of hydrogen-bond donors (Lipinski definition) is 1. The Morgan fingerprint density at radius 2 is 1.95 bits per heavy atom. The number of aromatic nitrogens is 3. The molecule has 1 N–H and O–H groups in total. The van der Waals surface area contributed by atoms with Gasteiger partial charge in [0.1, 0.15) is 11.9 Å². The Morgan fingerprint density at radius 1 is 1.16 bits per heavy atom. The molecule has 5 rings (SSSR count). The number of amides is 1. The van der Waals surface area contributed by atoms with Gasteiger partial charge in [-0.05, 0) is 106 Å². The topological polar surface area (TPSA) is 97.6 Å². The Kier molecular flexibility index (Phi) is 7.44. The number of fused-ring (bicyclic) bond motifs is 1. The Hall–Kier alpha value is -3.38. The molecule has 0 spiro atoms. The second-order valence-corrected chi connectivity index (χ2v) is 11.1. The van der Waals surface area contributed by atoms with Crippen LogP contribution in [0.3, 0.4) is 0 Å². The van der Waals surface area contributed by atoms with E-state index in [0.717, 1.165) is 52.5 Å². The molecule has 2 saturated carbocycles. The predicted molar refractivity (Wildman–Crippen MR) is 149 cm³/mol. The number of nitrogens with zero attached hydrogens (tertiary/aromatic N) is 4. The van der Waals surface area contributed by atoms with Crippen molar-refractivity contribution in [1.82, 2.24) is 14.8 Å². The van der Waals surface area contributed by atoms with Crippen LogP contribution in [-0.4, -0.2) is 37.9 Å².